The van der Waals surface area contributed by atoms with Gasteiger partial charge in [0.1, 0.15) is 11.9 Å². The minimum atomic E-state index is -0.0432. The fourth-order valence-electron chi connectivity index (χ4n) is 2.77. The molecule has 0 bridgehead atoms. The second kappa shape index (κ2) is 13.8. The highest BCUT2D eigenvalue weighted by molar-refractivity contribution is 14.0. The van der Waals surface area contributed by atoms with E-state index in [0.717, 1.165) is 17.7 Å². The maximum Gasteiger partial charge on any atom is 0.251 e. The number of carbonyl (C=O) groups excluding carboxylic acids is 1. The maximum atomic E-state index is 12.1. The smallest absolute Gasteiger partial charge is 0.251 e. The van der Waals surface area contributed by atoms with Gasteiger partial charge in [-0.05, 0) is 55.7 Å². The lowest BCUT2D eigenvalue weighted by Gasteiger charge is -2.18. The molecule has 0 aliphatic carbocycles. The molecular weight excluding hydrogens is 491 g/mol. The number of nitrogens with one attached hydrogen (secondary N) is 3. The quantitative estimate of drug-likeness (QED) is 0.265. The normalized spacial score (nSPS) is 11.8. The fourth-order valence-corrected chi connectivity index (χ4v) is 2.77. The highest BCUT2D eigenvalue weighted by atomic mass is 127. The Bertz CT molecular complexity index is 826. The van der Waals surface area contributed by atoms with Crippen LogP contribution in [0, 0.1) is 6.92 Å². The minimum absolute atomic E-state index is 0. The molecule has 0 aliphatic heterocycles. The molecule has 1 amide bonds. The lowest BCUT2D eigenvalue weighted by atomic mass is 10.1. The van der Waals surface area contributed by atoms with E-state index in [1.165, 1.54) is 5.56 Å². The number of amides is 1. The molecule has 1 unspecified atom stereocenters. The summed E-state index contributed by atoms with van der Waals surface area (Å²) < 4.78 is 5.94. The highest BCUT2D eigenvalue weighted by Gasteiger charge is 2.08. The number of halogens is 1. The zero-order valence-corrected chi connectivity index (χ0v) is 20.5. The van der Waals surface area contributed by atoms with Crippen molar-refractivity contribution in [1.82, 2.24) is 16.0 Å². The van der Waals surface area contributed by atoms with Crippen LogP contribution in [0.1, 0.15) is 41.8 Å². The summed E-state index contributed by atoms with van der Waals surface area (Å²) >= 11 is 0. The Morgan fingerprint density at radius 1 is 1.10 bits per heavy atom. The minimum Gasteiger partial charge on any atom is -0.489 e. The van der Waals surface area contributed by atoms with E-state index in [4.69, 9.17) is 4.74 Å². The van der Waals surface area contributed by atoms with Crippen LogP contribution < -0.4 is 20.7 Å². The van der Waals surface area contributed by atoms with Gasteiger partial charge in [-0.1, -0.05) is 31.2 Å². The van der Waals surface area contributed by atoms with E-state index >= 15 is 0 Å². The van der Waals surface area contributed by atoms with Crippen LogP contribution in [-0.2, 0) is 6.54 Å². The topological polar surface area (TPSA) is 74.8 Å². The average Bonchev–Trinajstić information content (AvgIpc) is 2.72. The molecule has 2 aromatic rings. The second-order valence-electron chi connectivity index (χ2n) is 7.01. The van der Waals surface area contributed by atoms with Gasteiger partial charge in [0.15, 0.2) is 5.96 Å². The van der Waals surface area contributed by atoms with E-state index in [9.17, 15) is 4.79 Å². The molecule has 0 spiro atoms. The molecule has 2 aromatic carbocycles. The van der Waals surface area contributed by atoms with E-state index in [0.29, 0.717) is 31.2 Å². The third-order valence-electron chi connectivity index (χ3n) is 4.29. The van der Waals surface area contributed by atoms with Crippen LogP contribution in [0.3, 0.4) is 0 Å². The number of hydrogen-bond acceptors (Lipinski definition) is 3. The van der Waals surface area contributed by atoms with Crippen molar-refractivity contribution < 1.29 is 9.53 Å². The van der Waals surface area contributed by atoms with Crippen molar-refractivity contribution in [2.45, 2.75) is 39.8 Å². The Morgan fingerprint density at radius 2 is 1.87 bits per heavy atom. The summed E-state index contributed by atoms with van der Waals surface area (Å²) in [5.41, 5.74) is 2.85. The van der Waals surface area contributed by atoms with E-state index in [1.54, 1.807) is 7.05 Å². The number of hydrogen-bond donors (Lipinski definition) is 3. The van der Waals surface area contributed by atoms with Crippen molar-refractivity contribution in [3.05, 3.63) is 65.2 Å². The lowest BCUT2D eigenvalue weighted by Crippen LogP contribution is -2.41. The Hall–Kier alpha value is -2.29. The first-order valence-corrected chi connectivity index (χ1v) is 10.1. The zero-order valence-electron chi connectivity index (χ0n) is 18.2. The van der Waals surface area contributed by atoms with Crippen molar-refractivity contribution in [1.29, 1.82) is 0 Å². The zero-order chi connectivity index (χ0) is 21.1. The SMILES string of the molecule is CCCNC(=O)c1cccc(CNC(=NC)NCC(C)Oc2cccc(C)c2)c1.I. The maximum absolute atomic E-state index is 12.1. The van der Waals surface area contributed by atoms with Gasteiger partial charge >= 0.3 is 0 Å². The van der Waals surface area contributed by atoms with Crippen LogP contribution in [0.5, 0.6) is 5.75 Å². The Labute approximate surface area is 196 Å². The van der Waals surface area contributed by atoms with Gasteiger partial charge in [-0.15, -0.1) is 24.0 Å². The molecule has 0 aliphatic rings. The summed E-state index contributed by atoms with van der Waals surface area (Å²) in [7, 11) is 1.73. The average molecular weight is 524 g/mol. The molecule has 1 atom stereocenters. The number of benzene rings is 2. The van der Waals surface area contributed by atoms with E-state index in [2.05, 4.69) is 20.9 Å². The molecule has 0 heterocycles. The van der Waals surface area contributed by atoms with Crippen molar-refractivity contribution in [3.63, 3.8) is 0 Å². The van der Waals surface area contributed by atoms with Gasteiger partial charge in [0.25, 0.3) is 5.91 Å². The summed E-state index contributed by atoms with van der Waals surface area (Å²) in [6, 6.07) is 15.6. The Balaban J connectivity index is 0.00000450. The molecule has 6 nitrogen and oxygen atoms in total. The summed E-state index contributed by atoms with van der Waals surface area (Å²) in [4.78, 5) is 16.4. The van der Waals surface area contributed by atoms with Gasteiger partial charge in [0.2, 0.25) is 0 Å². The number of aliphatic imine (C=N–C) groups is 1. The van der Waals surface area contributed by atoms with Crippen LogP contribution in [0.4, 0.5) is 0 Å². The number of aryl methyl sites for hydroxylation is 1. The summed E-state index contributed by atoms with van der Waals surface area (Å²) in [5.74, 6) is 1.50. The van der Waals surface area contributed by atoms with Crippen LogP contribution >= 0.6 is 24.0 Å². The lowest BCUT2D eigenvalue weighted by molar-refractivity contribution is 0.0953. The molecule has 3 N–H and O–H groups in total. The molecule has 0 saturated heterocycles. The van der Waals surface area contributed by atoms with Crippen LogP contribution in [-0.4, -0.2) is 38.1 Å². The van der Waals surface area contributed by atoms with Crippen LogP contribution in [0.25, 0.3) is 0 Å². The van der Waals surface area contributed by atoms with Crippen LogP contribution in [0.15, 0.2) is 53.5 Å². The molecule has 0 radical (unpaired) electrons. The van der Waals surface area contributed by atoms with Crippen molar-refractivity contribution in [2.24, 2.45) is 4.99 Å². The summed E-state index contributed by atoms with van der Waals surface area (Å²) in [6.45, 7) is 7.96. The Kier molecular flexibility index (Phi) is 11.9. The van der Waals surface area contributed by atoms with E-state index in [1.807, 2.05) is 69.3 Å². The molecule has 0 fully saturated rings. The van der Waals surface area contributed by atoms with E-state index < -0.39 is 0 Å². The van der Waals surface area contributed by atoms with Crippen LogP contribution in [0.2, 0.25) is 0 Å². The third kappa shape index (κ3) is 9.02. The number of ether oxygens (including phenoxy) is 1. The first kappa shape index (κ1) is 25.7. The van der Waals surface area contributed by atoms with Crippen molar-refractivity contribution in [3.8, 4) is 5.75 Å². The number of guanidine groups is 1. The molecule has 2 rings (SSSR count). The predicted octanol–water partition coefficient (Wildman–Crippen LogP) is 3.89. The van der Waals surface area contributed by atoms with Crippen molar-refractivity contribution >= 4 is 35.8 Å². The standard InChI is InChI=1S/C23H32N4O2.HI/c1-5-12-25-22(28)20-10-7-9-19(14-20)16-27-23(24-4)26-15-18(3)29-21-11-6-8-17(2)13-21;/h6-11,13-14,18H,5,12,15-16H2,1-4H3,(H,25,28)(H2,24,26,27);1H. The van der Waals surface area contributed by atoms with Crippen molar-refractivity contribution in [2.75, 3.05) is 20.1 Å². The number of rotatable bonds is 9. The van der Waals surface area contributed by atoms with Gasteiger partial charge in [-0.3, -0.25) is 9.79 Å². The number of nitrogens with zero attached hydrogens (tertiary/aromatic N) is 1. The van der Waals surface area contributed by atoms with Gasteiger partial charge in [-0.2, -0.15) is 0 Å². The predicted molar refractivity (Wildman–Crippen MR) is 134 cm³/mol. The molecule has 0 saturated carbocycles. The molecule has 30 heavy (non-hydrogen) atoms. The summed E-state index contributed by atoms with van der Waals surface area (Å²) in [5, 5.41) is 9.45. The van der Waals surface area contributed by atoms with Gasteiger partial charge in [0.05, 0.1) is 6.54 Å². The molecule has 164 valence electrons. The number of carbonyl (C=O) groups is 1. The molecular formula is C23H33IN4O2. The van der Waals surface area contributed by atoms with Gasteiger partial charge < -0.3 is 20.7 Å². The largest absolute Gasteiger partial charge is 0.489 e. The monoisotopic (exact) mass is 524 g/mol. The highest BCUT2D eigenvalue weighted by Crippen LogP contribution is 2.13. The van der Waals surface area contributed by atoms with Gasteiger partial charge in [-0.25, -0.2) is 0 Å². The Morgan fingerprint density at radius 3 is 2.57 bits per heavy atom. The second-order valence-corrected chi connectivity index (χ2v) is 7.01. The van der Waals surface area contributed by atoms with Gasteiger partial charge in [0, 0.05) is 25.7 Å². The first-order valence-electron chi connectivity index (χ1n) is 10.1. The summed E-state index contributed by atoms with van der Waals surface area (Å²) in [6.07, 6.45) is 0.905. The third-order valence-corrected chi connectivity index (χ3v) is 4.29. The molecule has 7 heteroatoms. The molecule has 0 aromatic heterocycles. The van der Waals surface area contributed by atoms with E-state index in [-0.39, 0.29) is 36.0 Å². The fraction of sp³-hybridized carbons (Fsp3) is 0.391. The first-order chi connectivity index (χ1) is 14.0.